The zero-order valence-electron chi connectivity index (χ0n) is 6.21. The molecule has 0 aromatic heterocycles. The highest BCUT2D eigenvalue weighted by atomic mass is 16.3. The molecule has 2 bridgehead atoms. The molecule has 0 aliphatic carbocycles. The van der Waals surface area contributed by atoms with Crippen molar-refractivity contribution in [3.63, 3.8) is 0 Å². The summed E-state index contributed by atoms with van der Waals surface area (Å²) in [6.07, 6.45) is 6.03. The molecule has 2 rings (SSSR count). The molecule has 0 amide bonds. The molecule has 0 saturated carbocycles. The predicted molar refractivity (Wildman–Crippen MR) is 39.8 cm³/mol. The van der Waals surface area contributed by atoms with Crippen LogP contribution in [0.15, 0.2) is 0 Å². The van der Waals surface area contributed by atoms with E-state index in [0.717, 1.165) is 6.42 Å². The van der Waals surface area contributed by atoms with Gasteiger partial charge in [-0.15, -0.1) is 0 Å². The van der Waals surface area contributed by atoms with Crippen molar-refractivity contribution < 1.29 is 5.11 Å². The van der Waals surface area contributed by atoms with Crippen LogP contribution in [0, 0.1) is 0 Å². The summed E-state index contributed by atoms with van der Waals surface area (Å²) < 4.78 is 0. The van der Waals surface area contributed by atoms with Gasteiger partial charge in [0.25, 0.3) is 0 Å². The van der Waals surface area contributed by atoms with Gasteiger partial charge in [-0.05, 0) is 19.3 Å². The van der Waals surface area contributed by atoms with Crippen LogP contribution in [0.3, 0.4) is 0 Å². The largest absolute Gasteiger partial charge is 0.391 e. The normalized spacial score (nSPS) is 47.1. The highest BCUT2D eigenvalue weighted by Gasteiger charge is 2.33. The topological polar surface area (TPSA) is 32.3 Å². The molecule has 0 spiro atoms. The van der Waals surface area contributed by atoms with Gasteiger partial charge in [0.05, 0.1) is 6.10 Å². The highest BCUT2D eigenvalue weighted by molar-refractivity contribution is 4.92. The summed E-state index contributed by atoms with van der Waals surface area (Å²) in [7, 11) is 0. The first-order valence-electron chi connectivity index (χ1n) is 4.30. The average molecular weight is 141 g/mol. The molecular formula is C8H15NO. The number of hydrogen-bond donors (Lipinski definition) is 2. The SMILES string of the molecule is O[C@@H]1C[C@@H]2CCCC[C@H]1N2. The van der Waals surface area contributed by atoms with Crippen LogP contribution < -0.4 is 5.32 Å². The summed E-state index contributed by atoms with van der Waals surface area (Å²) in [6, 6.07) is 1.05. The lowest BCUT2D eigenvalue weighted by molar-refractivity contribution is 0.150. The van der Waals surface area contributed by atoms with Crippen molar-refractivity contribution in [3.8, 4) is 0 Å². The number of fused-ring (bicyclic) bond motifs is 2. The Morgan fingerprint density at radius 3 is 2.90 bits per heavy atom. The van der Waals surface area contributed by atoms with E-state index in [0.29, 0.717) is 12.1 Å². The van der Waals surface area contributed by atoms with Gasteiger partial charge in [0, 0.05) is 12.1 Å². The molecule has 58 valence electrons. The van der Waals surface area contributed by atoms with Crippen molar-refractivity contribution in [2.24, 2.45) is 0 Å². The molecule has 0 radical (unpaired) electrons. The molecule has 0 unspecified atom stereocenters. The van der Waals surface area contributed by atoms with E-state index in [9.17, 15) is 5.11 Å². The minimum atomic E-state index is -0.0506. The van der Waals surface area contributed by atoms with Crippen molar-refractivity contribution in [1.29, 1.82) is 0 Å². The van der Waals surface area contributed by atoms with Crippen molar-refractivity contribution in [1.82, 2.24) is 5.32 Å². The van der Waals surface area contributed by atoms with E-state index in [1.165, 1.54) is 25.7 Å². The summed E-state index contributed by atoms with van der Waals surface area (Å²) in [5.74, 6) is 0. The van der Waals surface area contributed by atoms with Gasteiger partial charge in [0.2, 0.25) is 0 Å². The predicted octanol–water partition coefficient (Wildman–Crippen LogP) is 0.652. The molecule has 2 aliphatic rings. The first-order valence-corrected chi connectivity index (χ1v) is 4.30. The number of rotatable bonds is 0. The molecule has 2 aliphatic heterocycles. The molecule has 0 aromatic rings. The van der Waals surface area contributed by atoms with Gasteiger partial charge < -0.3 is 10.4 Å². The molecule has 0 aromatic carbocycles. The zero-order chi connectivity index (χ0) is 6.97. The van der Waals surface area contributed by atoms with Gasteiger partial charge in [0.15, 0.2) is 0 Å². The lowest BCUT2D eigenvalue weighted by Crippen LogP contribution is -2.31. The van der Waals surface area contributed by atoms with Gasteiger partial charge in [-0.25, -0.2) is 0 Å². The lowest BCUT2D eigenvalue weighted by atomic mass is 9.99. The van der Waals surface area contributed by atoms with Crippen molar-refractivity contribution >= 4 is 0 Å². The van der Waals surface area contributed by atoms with E-state index in [-0.39, 0.29) is 6.10 Å². The Labute approximate surface area is 61.6 Å². The van der Waals surface area contributed by atoms with Gasteiger partial charge >= 0.3 is 0 Å². The quantitative estimate of drug-likeness (QED) is 0.519. The fourth-order valence-electron chi connectivity index (χ4n) is 2.17. The maximum atomic E-state index is 9.46. The monoisotopic (exact) mass is 141 g/mol. The second kappa shape index (κ2) is 2.51. The molecule has 2 fully saturated rings. The molecular weight excluding hydrogens is 126 g/mol. The molecule has 2 N–H and O–H groups in total. The van der Waals surface area contributed by atoms with Crippen LogP contribution in [0.2, 0.25) is 0 Å². The Hall–Kier alpha value is -0.0800. The second-order valence-corrected chi connectivity index (χ2v) is 3.56. The van der Waals surface area contributed by atoms with Crippen LogP contribution in [0.4, 0.5) is 0 Å². The number of aliphatic hydroxyl groups is 1. The Balaban J connectivity index is 2.03. The summed E-state index contributed by atoms with van der Waals surface area (Å²) in [5.41, 5.74) is 0. The minimum Gasteiger partial charge on any atom is -0.391 e. The second-order valence-electron chi connectivity index (χ2n) is 3.56. The first-order chi connectivity index (χ1) is 4.86. The zero-order valence-corrected chi connectivity index (χ0v) is 6.21. The first kappa shape index (κ1) is 6.62. The Kier molecular flexibility index (Phi) is 1.66. The van der Waals surface area contributed by atoms with E-state index < -0.39 is 0 Å². The maximum Gasteiger partial charge on any atom is 0.0708 e. The van der Waals surface area contributed by atoms with Crippen LogP contribution in [-0.2, 0) is 0 Å². The van der Waals surface area contributed by atoms with Gasteiger partial charge in [0.1, 0.15) is 0 Å². The van der Waals surface area contributed by atoms with Crippen molar-refractivity contribution in [2.75, 3.05) is 0 Å². The van der Waals surface area contributed by atoms with Crippen LogP contribution in [-0.4, -0.2) is 23.3 Å². The Morgan fingerprint density at radius 2 is 2.00 bits per heavy atom. The van der Waals surface area contributed by atoms with E-state index in [2.05, 4.69) is 5.32 Å². The van der Waals surface area contributed by atoms with Gasteiger partial charge in [-0.3, -0.25) is 0 Å². The molecule has 2 saturated heterocycles. The van der Waals surface area contributed by atoms with Gasteiger partial charge in [-0.2, -0.15) is 0 Å². The van der Waals surface area contributed by atoms with E-state index in [4.69, 9.17) is 0 Å². The summed E-state index contributed by atoms with van der Waals surface area (Å²) >= 11 is 0. The van der Waals surface area contributed by atoms with E-state index in [1.807, 2.05) is 0 Å². The standard InChI is InChI=1S/C8H15NO/c10-8-5-6-3-1-2-4-7(8)9-6/h6-10H,1-5H2/t6-,7+,8+/m0/s1. The minimum absolute atomic E-state index is 0.0506. The lowest BCUT2D eigenvalue weighted by Gasteiger charge is -2.12. The third-order valence-corrected chi connectivity index (χ3v) is 2.76. The number of nitrogens with one attached hydrogen (secondary N) is 1. The van der Waals surface area contributed by atoms with E-state index in [1.54, 1.807) is 0 Å². The number of hydrogen-bond acceptors (Lipinski definition) is 2. The van der Waals surface area contributed by atoms with Crippen molar-refractivity contribution in [3.05, 3.63) is 0 Å². The molecule has 2 nitrogen and oxygen atoms in total. The summed E-state index contributed by atoms with van der Waals surface area (Å²) in [4.78, 5) is 0. The summed E-state index contributed by atoms with van der Waals surface area (Å²) in [6.45, 7) is 0. The Morgan fingerprint density at radius 1 is 1.20 bits per heavy atom. The van der Waals surface area contributed by atoms with Crippen LogP contribution in [0.25, 0.3) is 0 Å². The third-order valence-electron chi connectivity index (χ3n) is 2.76. The maximum absolute atomic E-state index is 9.46. The molecule has 3 atom stereocenters. The average Bonchev–Trinajstić information content (AvgIpc) is 2.18. The smallest absolute Gasteiger partial charge is 0.0708 e. The van der Waals surface area contributed by atoms with Crippen LogP contribution in [0.1, 0.15) is 32.1 Å². The van der Waals surface area contributed by atoms with Crippen molar-refractivity contribution in [2.45, 2.75) is 50.3 Å². The number of aliphatic hydroxyl groups excluding tert-OH is 1. The van der Waals surface area contributed by atoms with Crippen LogP contribution >= 0.6 is 0 Å². The fraction of sp³-hybridized carbons (Fsp3) is 1.00. The highest BCUT2D eigenvalue weighted by Crippen LogP contribution is 2.25. The fourth-order valence-corrected chi connectivity index (χ4v) is 2.17. The molecule has 2 heterocycles. The molecule has 2 heteroatoms. The van der Waals surface area contributed by atoms with Gasteiger partial charge in [-0.1, -0.05) is 12.8 Å². The van der Waals surface area contributed by atoms with E-state index >= 15 is 0 Å². The Bertz CT molecular complexity index is 126. The molecule has 10 heavy (non-hydrogen) atoms. The third kappa shape index (κ3) is 1.06. The summed E-state index contributed by atoms with van der Waals surface area (Å²) in [5, 5.41) is 12.9. The van der Waals surface area contributed by atoms with Crippen LogP contribution in [0.5, 0.6) is 0 Å².